The number of aromatic nitrogens is 1. The zero-order valence-electron chi connectivity index (χ0n) is 15.4. The van der Waals surface area contributed by atoms with E-state index in [1.165, 1.54) is 13.0 Å². The Labute approximate surface area is 176 Å². The highest BCUT2D eigenvalue weighted by molar-refractivity contribution is 14.0. The molecule has 0 atom stereocenters. The van der Waals surface area contributed by atoms with Crippen molar-refractivity contribution in [2.45, 2.75) is 38.8 Å². The first-order valence-corrected chi connectivity index (χ1v) is 9.84. The molecular formula is C18H28IN5OS. The molecule has 3 heterocycles. The fraction of sp³-hybridized carbons (Fsp3) is 0.556. The molecule has 8 heteroatoms. The van der Waals surface area contributed by atoms with Gasteiger partial charge in [-0.15, -0.1) is 35.3 Å². The third-order valence-electron chi connectivity index (χ3n) is 4.41. The predicted molar refractivity (Wildman–Crippen MR) is 118 cm³/mol. The second-order valence-corrected chi connectivity index (χ2v) is 7.26. The zero-order valence-corrected chi connectivity index (χ0v) is 18.5. The Kier molecular flexibility index (Phi) is 8.86. The number of hydrogen-bond donors (Lipinski definition) is 2. The molecule has 144 valence electrons. The first-order valence-electron chi connectivity index (χ1n) is 8.96. The van der Waals surface area contributed by atoms with Gasteiger partial charge in [-0.25, -0.2) is 4.98 Å². The standard InChI is InChI=1S/C18H27N5OS.HI/c1-3-8-23-9-6-14(7-10-23)22-18(19-2)20-12-15-13-24-17(21-15)16-5-4-11-25-16;/h4-5,11,13-14H,3,6-10,12H2,1-2H3,(H2,19,20,22);1H. The van der Waals surface area contributed by atoms with Crippen LogP contribution in [0.2, 0.25) is 0 Å². The van der Waals surface area contributed by atoms with Crippen LogP contribution in [0.3, 0.4) is 0 Å². The van der Waals surface area contributed by atoms with Crippen LogP contribution in [0.1, 0.15) is 31.9 Å². The molecule has 0 amide bonds. The van der Waals surface area contributed by atoms with Gasteiger partial charge in [0.25, 0.3) is 0 Å². The maximum atomic E-state index is 5.55. The molecular weight excluding hydrogens is 461 g/mol. The van der Waals surface area contributed by atoms with E-state index >= 15 is 0 Å². The SMILES string of the molecule is CCCN1CCC(NC(=NC)NCc2coc(-c3cccs3)n2)CC1.I. The summed E-state index contributed by atoms with van der Waals surface area (Å²) < 4.78 is 5.55. The van der Waals surface area contributed by atoms with Gasteiger partial charge >= 0.3 is 0 Å². The van der Waals surface area contributed by atoms with Crippen LogP contribution in [0, 0.1) is 0 Å². The summed E-state index contributed by atoms with van der Waals surface area (Å²) in [6.45, 7) is 6.37. The van der Waals surface area contributed by atoms with Gasteiger partial charge in [-0.1, -0.05) is 13.0 Å². The van der Waals surface area contributed by atoms with Crippen molar-refractivity contribution >= 4 is 41.3 Å². The smallest absolute Gasteiger partial charge is 0.236 e. The minimum Gasteiger partial charge on any atom is -0.443 e. The Hall–Kier alpha value is -1.13. The minimum absolute atomic E-state index is 0. The van der Waals surface area contributed by atoms with Crippen molar-refractivity contribution in [2.24, 2.45) is 4.99 Å². The fourth-order valence-corrected chi connectivity index (χ4v) is 3.74. The van der Waals surface area contributed by atoms with E-state index in [4.69, 9.17) is 4.42 Å². The average Bonchev–Trinajstić information content (AvgIpc) is 3.31. The summed E-state index contributed by atoms with van der Waals surface area (Å²) in [6, 6.07) is 4.50. The number of hydrogen-bond acceptors (Lipinski definition) is 5. The highest BCUT2D eigenvalue weighted by atomic mass is 127. The van der Waals surface area contributed by atoms with E-state index in [0.717, 1.165) is 42.5 Å². The number of halogens is 1. The van der Waals surface area contributed by atoms with Gasteiger partial charge in [0.2, 0.25) is 5.89 Å². The van der Waals surface area contributed by atoms with E-state index in [1.807, 2.05) is 17.5 Å². The second-order valence-electron chi connectivity index (χ2n) is 6.31. The van der Waals surface area contributed by atoms with Crippen molar-refractivity contribution in [3.05, 3.63) is 29.5 Å². The third-order valence-corrected chi connectivity index (χ3v) is 5.27. The van der Waals surface area contributed by atoms with Crippen LogP contribution in [-0.2, 0) is 6.54 Å². The van der Waals surface area contributed by atoms with Crippen molar-refractivity contribution in [3.8, 4) is 10.8 Å². The Balaban J connectivity index is 0.00000243. The molecule has 1 fully saturated rings. The molecule has 0 aliphatic carbocycles. The van der Waals surface area contributed by atoms with Crippen LogP contribution in [0.5, 0.6) is 0 Å². The summed E-state index contributed by atoms with van der Waals surface area (Å²) in [5.74, 6) is 1.51. The van der Waals surface area contributed by atoms with Crippen LogP contribution in [0.15, 0.2) is 33.2 Å². The summed E-state index contributed by atoms with van der Waals surface area (Å²) in [5, 5.41) is 8.89. The van der Waals surface area contributed by atoms with Gasteiger partial charge in [0.05, 0.1) is 17.1 Å². The van der Waals surface area contributed by atoms with Crippen molar-refractivity contribution in [2.75, 3.05) is 26.7 Å². The van der Waals surface area contributed by atoms with Gasteiger partial charge in [0.15, 0.2) is 5.96 Å². The summed E-state index contributed by atoms with van der Waals surface area (Å²) >= 11 is 1.63. The second kappa shape index (κ2) is 10.9. The third kappa shape index (κ3) is 5.95. The number of likely N-dealkylation sites (tertiary alicyclic amines) is 1. The van der Waals surface area contributed by atoms with Gasteiger partial charge in [0.1, 0.15) is 6.26 Å². The van der Waals surface area contributed by atoms with E-state index < -0.39 is 0 Å². The number of rotatable bonds is 6. The van der Waals surface area contributed by atoms with Crippen molar-refractivity contribution in [1.29, 1.82) is 0 Å². The molecule has 1 aliphatic rings. The zero-order chi connectivity index (χ0) is 17.5. The molecule has 0 bridgehead atoms. The van der Waals surface area contributed by atoms with Gasteiger partial charge in [-0.3, -0.25) is 4.99 Å². The van der Waals surface area contributed by atoms with Crippen LogP contribution in [0.4, 0.5) is 0 Å². The number of thiophene rings is 1. The van der Waals surface area contributed by atoms with Gasteiger partial charge < -0.3 is 20.0 Å². The largest absolute Gasteiger partial charge is 0.443 e. The molecule has 1 aliphatic heterocycles. The molecule has 0 radical (unpaired) electrons. The molecule has 0 aromatic carbocycles. The molecule has 0 saturated carbocycles. The molecule has 26 heavy (non-hydrogen) atoms. The Bertz CT molecular complexity index is 665. The Morgan fingerprint density at radius 3 is 2.88 bits per heavy atom. The topological polar surface area (TPSA) is 65.7 Å². The van der Waals surface area contributed by atoms with E-state index in [0.29, 0.717) is 18.5 Å². The van der Waals surface area contributed by atoms with Crippen LogP contribution >= 0.6 is 35.3 Å². The number of oxazole rings is 1. The summed E-state index contributed by atoms with van der Waals surface area (Å²) in [6.07, 6.45) is 5.26. The molecule has 0 spiro atoms. The number of aliphatic imine (C=N–C) groups is 1. The first kappa shape index (κ1) is 21.2. The lowest BCUT2D eigenvalue weighted by molar-refractivity contribution is 0.206. The summed E-state index contributed by atoms with van der Waals surface area (Å²) in [4.78, 5) is 12.4. The van der Waals surface area contributed by atoms with Crippen LogP contribution < -0.4 is 10.6 Å². The Morgan fingerprint density at radius 1 is 1.42 bits per heavy atom. The van der Waals surface area contributed by atoms with E-state index in [2.05, 4.69) is 32.4 Å². The quantitative estimate of drug-likeness (QED) is 0.369. The predicted octanol–water partition coefficient (Wildman–Crippen LogP) is 3.56. The number of nitrogens with one attached hydrogen (secondary N) is 2. The number of guanidine groups is 1. The van der Waals surface area contributed by atoms with E-state index in [1.54, 1.807) is 24.6 Å². The Morgan fingerprint density at radius 2 is 2.23 bits per heavy atom. The lowest BCUT2D eigenvalue weighted by Crippen LogP contribution is -2.48. The van der Waals surface area contributed by atoms with Crippen LogP contribution in [0.25, 0.3) is 10.8 Å². The summed E-state index contributed by atoms with van der Waals surface area (Å²) in [5.41, 5.74) is 0.879. The van der Waals surface area contributed by atoms with Gasteiger partial charge in [0, 0.05) is 26.2 Å². The highest BCUT2D eigenvalue weighted by Gasteiger charge is 2.19. The van der Waals surface area contributed by atoms with Gasteiger partial charge in [-0.2, -0.15) is 0 Å². The van der Waals surface area contributed by atoms with Crippen molar-refractivity contribution < 1.29 is 4.42 Å². The highest BCUT2D eigenvalue weighted by Crippen LogP contribution is 2.23. The lowest BCUT2D eigenvalue weighted by atomic mass is 10.1. The normalized spacial score (nSPS) is 16.3. The fourth-order valence-electron chi connectivity index (χ4n) is 3.08. The number of piperidine rings is 1. The van der Waals surface area contributed by atoms with E-state index in [-0.39, 0.29) is 24.0 Å². The molecule has 0 unspecified atom stereocenters. The van der Waals surface area contributed by atoms with Crippen LogP contribution in [-0.4, -0.2) is 48.6 Å². The average molecular weight is 489 g/mol. The first-order chi connectivity index (χ1) is 12.3. The summed E-state index contributed by atoms with van der Waals surface area (Å²) in [7, 11) is 1.81. The molecule has 2 aromatic rings. The van der Waals surface area contributed by atoms with E-state index in [9.17, 15) is 0 Å². The maximum absolute atomic E-state index is 5.55. The molecule has 1 saturated heterocycles. The maximum Gasteiger partial charge on any atom is 0.236 e. The number of nitrogens with zero attached hydrogens (tertiary/aromatic N) is 3. The van der Waals surface area contributed by atoms with Crippen molar-refractivity contribution in [1.82, 2.24) is 20.5 Å². The molecule has 6 nitrogen and oxygen atoms in total. The minimum atomic E-state index is 0. The molecule has 2 N–H and O–H groups in total. The lowest BCUT2D eigenvalue weighted by Gasteiger charge is -2.32. The van der Waals surface area contributed by atoms with Gasteiger partial charge in [-0.05, 0) is 37.3 Å². The van der Waals surface area contributed by atoms with Crippen molar-refractivity contribution in [3.63, 3.8) is 0 Å². The molecule has 3 rings (SSSR count). The molecule has 2 aromatic heterocycles. The monoisotopic (exact) mass is 489 g/mol.